The highest BCUT2D eigenvalue weighted by Gasteiger charge is 2.22. The van der Waals surface area contributed by atoms with E-state index in [1.165, 1.54) is 12.3 Å². The third kappa shape index (κ3) is 5.59. The number of para-hydroxylation sites is 1. The molecule has 0 aliphatic carbocycles. The van der Waals surface area contributed by atoms with Crippen molar-refractivity contribution in [3.05, 3.63) is 81.0 Å². The number of sulfonamides is 1. The van der Waals surface area contributed by atoms with E-state index in [2.05, 4.69) is 31.0 Å². The molecule has 0 fully saturated rings. The number of hydrogen-bond donors (Lipinski definition) is 1. The zero-order valence-electron chi connectivity index (χ0n) is 17.7. The Hall–Kier alpha value is -2.62. The fourth-order valence-electron chi connectivity index (χ4n) is 3.28. The molecule has 7 nitrogen and oxygen atoms in total. The summed E-state index contributed by atoms with van der Waals surface area (Å²) in [5.41, 5.74) is 6.43. The van der Waals surface area contributed by atoms with Crippen LogP contribution < -0.4 is 9.73 Å². The zero-order valence-corrected chi connectivity index (χ0v) is 20.9. The van der Waals surface area contributed by atoms with Crippen molar-refractivity contribution >= 4 is 55.4 Å². The highest BCUT2D eigenvalue weighted by atomic mass is 79.9. The van der Waals surface area contributed by atoms with E-state index in [0.717, 1.165) is 37.7 Å². The van der Waals surface area contributed by atoms with Crippen LogP contribution in [0.25, 0.3) is 5.69 Å². The van der Waals surface area contributed by atoms with E-state index in [1.807, 2.05) is 44.2 Å². The molecule has 0 unspecified atom stereocenters. The minimum Gasteiger partial charge on any atom is -0.318 e. The molecular formula is C22H22BrClN4O3S. The predicted octanol–water partition coefficient (Wildman–Crippen LogP) is 4.43. The van der Waals surface area contributed by atoms with Gasteiger partial charge in [0.05, 0.1) is 23.2 Å². The molecule has 10 heteroatoms. The van der Waals surface area contributed by atoms with Crippen molar-refractivity contribution in [2.45, 2.75) is 13.8 Å². The minimum atomic E-state index is -3.73. The number of amides is 1. The van der Waals surface area contributed by atoms with Crippen LogP contribution in [0, 0.1) is 13.8 Å². The number of carbonyl (C=O) groups excluding carboxylic acids is 1. The second-order valence-corrected chi connectivity index (χ2v) is 10.4. The van der Waals surface area contributed by atoms with Gasteiger partial charge in [-0.15, -0.1) is 0 Å². The summed E-state index contributed by atoms with van der Waals surface area (Å²) in [6.45, 7) is 3.50. The zero-order chi connectivity index (χ0) is 23.5. The molecule has 32 heavy (non-hydrogen) atoms. The Morgan fingerprint density at radius 1 is 1.19 bits per heavy atom. The lowest BCUT2D eigenvalue weighted by atomic mass is 10.2. The van der Waals surface area contributed by atoms with Gasteiger partial charge in [0, 0.05) is 27.1 Å². The van der Waals surface area contributed by atoms with Crippen LogP contribution in [0.15, 0.2) is 64.2 Å². The van der Waals surface area contributed by atoms with Crippen molar-refractivity contribution in [3.8, 4) is 5.69 Å². The number of halogens is 2. The van der Waals surface area contributed by atoms with Gasteiger partial charge in [0.25, 0.3) is 5.91 Å². The van der Waals surface area contributed by atoms with E-state index in [9.17, 15) is 13.2 Å². The molecule has 0 atom stereocenters. The van der Waals surface area contributed by atoms with Crippen LogP contribution in [-0.4, -0.2) is 37.9 Å². The number of nitrogens with one attached hydrogen (secondary N) is 1. The first-order valence-corrected chi connectivity index (χ1v) is 12.6. The molecule has 1 amide bonds. The third-order valence-electron chi connectivity index (χ3n) is 4.76. The van der Waals surface area contributed by atoms with Crippen molar-refractivity contribution in [2.24, 2.45) is 5.10 Å². The topological polar surface area (TPSA) is 83.8 Å². The summed E-state index contributed by atoms with van der Waals surface area (Å²) in [5, 5.41) is 4.25. The van der Waals surface area contributed by atoms with E-state index >= 15 is 0 Å². The van der Waals surface area contributed by atoms with Crippen molar-refractivity contribution in [1.29, 1.82) is 0 Å². The first kappa shape index (κ1) is 24.0. The summed E-state index contributed by atoms with van der Waals surface area (Å²) in [7, 11) is -3.73. The molecule has 2 aromatic carbocycles. The molecule has 0 spiro atoms. The average molecular weight is 538 g/mol. The van der Waals surface area contributed by atoms with Crippen molar-refractivity contribution in [1.82, 2.24) is 9.99 Å². The average Bonchev–Trinajstić information content (AvgIpc) is 3.00. The SMILES string of the molecule is Cc1cc(/C=N\NC(=O)CN(c2ccccc2Cl)S(C)(=O)=O)c(C)n1-c1ccc(Br)cc1. The van der Waals surface area contributed by atoms with Crippen LogP contribution in [0.3, 0.4) is 0 Å². The van der Waals surface area contributed by atoms with Crippen molar-refractivity contribution in [2.75, 3.05) is 17.1 Å². The molecule has 0 saturated carbocycles. The lowest BCUT2D eigenvalue weighted by Crippen LogP contribution is -2.39. The highest BCUT2D eigenvalue weighted by Crippen LogP contribution is 2.27. The van der Waals surface area contributed by atoms with Gasteiger partial charge in [-0.2, -0.15) is 5.10 Å². The molecule has 3 rings (SSSR count). The second kappa shape index (κ2) is 9.89. The van der Waals surface area contributed by atoms with Gasteiger partial charge in [0.2, 0.25) is 10.0 Å². The Balaban J connectivity index is 1.74. The number of hydrogen-bond acceptors (Lipinski definition) is 4. The first-order chi connectivity index (χ1) is 15.1. The molecule has 1 N–H and O–H groups in total. The summed E-state index contributed by atoms with van der Waals surface area (Å²) in [6, 6.07) is 16.3. The maximum atomic E-state index is 12.4. The smallest absolute Gasteiger partial charge is 0.260 e. The fraction of sp³-hybridized carbons (Fsp3) is 0.182. The summed E-state index contributed by atoms with van der Waals surface area (Å²) in [6.07, 6.45) is 2.56. The van der Waals surface area contributed by atoms with Gasteiger partial charge in [-0.3, -0.25) is 9.10 Å². The molecule has 1 aromatic heterocycles. The number of anilines is 1. The summed E-state index contributed by atoms with van der Waals surface area (Å²) in [5.74, 6) is -0.590. The molecular weight excluding hydrogens is 516 g/mol. The van der Waals surface area contributed by atoms with E-state index in [1.54, 1.807) is 18.2 Å². The van der Waals surface area contributed by atoms with Crippen LogP contribution in [-0.2, 0) is 14.8 Å². The standard InChI is InChI=1S/C22H22BrClN4O3S/c1-15-12-17(16(2)28(15)19-10-8-18(23)9-11-19)13-25-26-22(29)14-27(32(3,30)31)21-7-5-4-6-20(21)24/h4-13H,14H2,1-3H3,(H,26,29)/b25-13-. The molecule has 0 radical (unpaired) electrons. The van der Waals surface area contributed by atoms with E-state index in [-0.39, 0.29) is 10.7 Å². The fourth-order valence-corrected chi connectivity index (χ4v) is 4.70. The van der Waals surface area contributed by atoms with Gasteiger partial charge in [-0.25, -0.2) is 13.8 Å². The normalized spacial score (nSPS) is 11.7. The number of aryl methyl sites for hydroxylation is 1. The summed E-state index contributed by atoms with van der Waals surface area (Å²) >= 11 is 9.55. The molecule has 3 aromatic rings. The van der Waals surface area contributed by atoms with Crippen molar-refractivity contribution < 1.29 is 13.2 Å². The molecule has 168 valence electrons. The maximum Gasteiger partial charge on any atom is 0.260 e. The van der Waals surface area contributed by atoms with E-state index < -0.39 is 22.5 Å². The molecule has 0 aliphatic heterocycles. The summed E-state index contributed by atoms with van der Waals surface area (Å²) in [4.78, 5) is 12.4. The lowest BCUT2D eigenvalue weighted by molar-refractivity contribution is -0.119. The number of nitrogens with zero attached hydrogens (tertiary/aromatic N) is 3. The molecule has 0 saturated heterocycles. The molecule has 0 aliphatic rings. The number of aromatic nitrogens is 1. The Labute approximate surface area is 200 Å². The van der Waals surface area contributed by atoms with Gasteiger partial charge in [-0.1, -0.05) is 39.7 Å². The Bertz CT molecular complexity index is 1270. The Morgan fingerprint density at radius 2 is 1.84 bits per heavy atom. The number of carbonyl (C=O) groups is 1. The van der Waals surface area contributed by atoms with Crippen molar-refractivity contribution in [3.63, 3.8) is 0 Å². The van der Waals surface area contributed by atoms with Gasteiger partial charge < -0.3 is 4.57 Å². The maximum absolute atomic E-state index is 12.4. The Morgan fingerprint density at radius 3 is 2.47 bits per heavy atom. The molecule has 1 heterocycles. The van der Waals surface area contributed by atoms with Crippen LogP contribution in [0.1, 0.15) is 17.0 Å². The second-order valence-electron chi connectivity index (χ2n) is 7.15. The third-order valence-corrected chi connectivity index (χ3v) is 6.73. The minimum absolute atomic E-state index is 0.230. The van der Waals surface area contributed by atoms with Gasteiger partial charge in [-0.05, 0) is 56.3 Å². The van der Waals surface area contributed by atoms with Gasteiger partial charge in [0.1, 0.15) is 6.54 Å². The Kier molecular flexibility index (Phi) is 7.43. The summed E-state index contributed by atoms with van der Waals surface area (Å²) < 4.78 is 28.4. The lowest BCUT2D eigenvalue weighted by Gasteiger charge is -2.22. The predicted molar refractivity (Wildman–Crippen MR) is 132 cm³/mol. The number of hydrazone groups is 1. The highest BCUT2D eigenvalue weighted by molar-refractivity contribution is 9.10. The largest absolute Gasteiger partial charge is 0.318 e. The molecule has 0 bridgehead atoms. The van der Waals surface area contributed by atoms with Gasteiger partial charge >= 0.3 is 0 Å². The van der Waals surface area contributed by atoms with Crippen LogP contribution in [0.2, 0.25) is 5.02 Å². The van der Waals surface area contributed by atoms with Gasteiger partial charge in [0.15, 0.2) is 0 Å². The quantitative estimate of drug-likeness (QED) is 0.358. The van der Waals surface area contributed by atoms with Crippen LogP contribution in [0.4, 0.5) is 5.69 Å². The van der Waals surface area contributed by atoms with E-state index in [4.69, 9.17) is 11.6 Å². The van der Waals surface area contributed by atoms with Crippen LogP contribution in [0.5, 0.6) is 0 Å². The van der Waals surface area contributed by atoms with E-state index in [0.29, 0.717) is 0 Å². The number of rotatable bonds is 7. The number of benzene rings is 2. The first-order valence-electron chi connectivity index (χ1n) is 9.57. The monoisotopic (exact) mass is 536 g/mol. The van der Waals surface area contributed by atoms with Crippen LogP contribution >= 0.6 is 27.5 Å².